The van der Waals surface area contributed by atoms with Gasteiger partial charge in [0.1, 0.15) is 10.6 Å². The molecule has 0 N–H and O–H groups in total. The molecule has 5 nitrogen and oxygen atoms in total. The van der Waals surface area contributed by atoms with Crippen LogP contribution in [0.3, 0.4) is 0 Å². The zero-order valence-electron chi connectivity index (χ0n) is 16.7. The largest absolute Gasteiger partial charge is 0.481 e. The van der Waals surface area contributed by atoms with Gasteiger partial charge in [0.15, 0.2) is 0 Å². The van der Waals surface area contributed by atoms with Crippen molar-refractivity contribution >= 4 is 17.9 Å². The Morgan fingerprint density at radius 3 is 2.54 bits per heavy atom. The Morgan fingerprint density at radius 2 is 1.96 bits per heavy atom. The van der Waals surface area contributed by atoms with Crippen molar-refractivity contribution in [2.24, 2.45) is 0 Å². The summed E-state index contributed by atoms with van der Waals surface area (Å²) in [7, 11) is 1.69. The lowest BCUT2D eigenvalue weighted by Gasteiger charge is -2.34. The maximum Gasteiger partial charge on any atom is 0.410 e. The van der Waals surface area contributed by atoms with Gasteiger partial charge in [0.2, 0.25) is 5.88 Å². The summed E-state index contributed by atoms with van der Waals surface area (Å²) in [5.41, 5.74) is 2.20. The first kappa shape index (κ1) is 19.3. The second-order valence-electron chi connectivity index (χ2n) is 8.85. The lowest BCUT2D eigenvalue weighted by molar-refractivity contribution is 0.0204. The molecule has 3 rings (SSSR count). The minimum atomic E-state index is -0.454. The Bertz CT molecular complexity index is 689. The van der Waals surface area contributed by atoms with Gasteiger partial charge in [-0.05, 0) is 51.2 Å². The number of carbonyl (C=O) groups is 1. The van der Waals surface area contributed by atoms with Gasteiger partial charge in [-0.3, -0.25) is 0 Å². The summed E-state index contributed by atoms with van der Waals surface area (Å²) in [6, 6.07) is 2.30. The number of piperidine rings is 1. The van der Waals surface area contributed by atoms with Crippen LogP contribution in [0.2, 0.25) is 0 Å². The van der Waals surface area contributed by atoms with E-state index in [0.29, 0.717) is 19.0 Å². The van der Waals surface area contributed by atoms with Crippen molar-refractivity contribution in [3.05, 3.63) is 17.2 Å². The first-order valence-corrected chi connectivity index (χ1v) is 10.3. The predicted molar refractivity (Wildman–Crippen MR) is 104 cm³/mol. The predicted octanol–water partition coefficient (Wildman–Crippen LogP) is 4.59. The van der Waals surface area contributed by atoms with Crippen molar-refractivity contribution in [2.75, 3.05) is 26.0 Å². The van der Waals surface area contributed by atoms with Crippen molar-refractivity contribution in [1.82, 2.24) is 9.88 Å². The summed E-state index contributed by atoms with van der Waals surface area (Å²) in [4.78, 5) is 18.9. The average molecular weight is 379 g/mol. The van der Waals surface area contributed by atoms with E-state index in [9.17, 15) is 4.79 Å². The van der Waals surface area contributed by atoms with E-state index in [0.717, 1.165) is 29.5 Å². The number of fused-ring (bicyclic) bond motifs is 1. The number of methoxy groups -OCH3 is 1. The monoisotopic (exact) mass is 378 g/mol. The fourth-order valence-corrected chi connectivity index (χ4v) is 4.86. The molecule has 0 saturated carbocycles. The van der Waals surface area contributed by atoms with Crippen LogP contribution in [-0.2, 0) is 10.2 Å². The third-order valence-corrected chi connectivity index (χ3v) is 6.51. The van der Waals surface area contributed by atoms with Crippen molar-refractivity contribution in [3.63, 3.8) is 0 Å². The molecule has 26 heavy (non-hydrogen) atoms. The smallest absolute Gasteiger partial charge is 0.410 e. The van der Waals surface area contributed by atoms with Crippen LogP contribution >= 0.6 is 11.8 Å². The van der Waals surface area contributed by atoms with Crippen LogP contribution in [-0.4, -0.2) is 47.5 Å². The van der Waals surface area contributed by atoms with Crippen LogP contribution in [0, 0.1) is 0 Å². The van der Waals surface area contributed by atoms with E-state index < -0.39 is 5.60 Å². The van der Waals surface area contributed by atoms with Gasteiger partial charge in [-0.15, -0.1) is 11.8 Å². The number of amides is 1. The molecular formula is C20H30N2O3S. The van der Waals surface area contributed by atoms with Crippen molar-refractivity contribution < 1.29 is 14.3 Å². The average Bonchev–Trinajstić information content (AvgIpc) is 2.87. The summed E-state index contributed by atoms with van der Waals surface area (Å²) in [5, 5.41) is 1.10. The van der Waals surface area contributed by atoms with Gasteiger partial charge in [-0.1, -0.05) is 13.8 Å². The van der Waals surface area contributed by atoms with Gasteiger partial charge >= 0.3 is 6.09 Å². The Morgan fingerprint density at radius 1 is 1.31 bits per heavy atom. The summed E-state index contributed by atoms with van der Waals surface area (Å²) < 4.78 is 11.1. The summed E-state index contributed by atoms with van der Waals surface area (Å²) in [5.74, 6) is 2.16. The van der Waals surface area contributed by atoms with Crippen LogP contribution in [0.4, 0.5) is 4.79 Å². The molecule has 0 bridgehead atoms. The number of rotatable bonds is 2. The first-order valence-electron chi connectivity index (χ1n) is 9.31. The van der Waals surface area contributed by atoms with Gasteiger partial charge in [0.25, 0.3) is 0 Å². The maximum absolute atomic E-state index is 12.3. The molecule has 0 atom stereocenters. The number of pyridine rings is 1. The molecule has 1 aromatic heterocycles. The minimum absolute atomic E-state index is 0.144. The number of nitrogens with zero attached hydrogens (tertiary/aromatic N) is 2. The molecule has 0 aromatic carbocycles. The highest BCUT2D eigenvalue weighted by Gasteiger charge is 2.35. The number of aromatic nitrogens is 1. The summed E-state index contributed by atoms with van der Waals surface area (Å²) >= 11 is 1.81. The van der Waals surface area contributed by atoms with Gasteiger partial charge in [-0.2, -0.15) is 0 Å². The third-order valence-electron chi connectivity index (χ3n) is 5.06. The van der Waals surface area contributed by atoms with Gasteiger partial charge in [-0.25, -0.2) is 9.78 Å². The zero-order valence-corrected chi connectivity index (χ0v) is 17.5. The van der Waals surface area contributed by atoms with Crippen LogP contribution < -0.4 is 4.74 Å². The molecule has 0 spiro atoms. The van der Waals surface area contributed by atoms with Crippen LogP contribution in [0.5, 0.6) is 5.88 Å². The number of hydrogen-bond donors (Lipinski definition) is 0. The molecule has 0 aliphatic carbocycles. The summed E-state index contributed by atoms with van der Waals surface area (Å²) in [6.07, 6.45) is 1.60. The molecule has 1 fully saturated rings. The molecule has 0 unspecified atom stereocenters. The number of carbonyl (C=O) groups excluding carboxylic acids is 1. The normalized spacial score (nSPS) is 20.0. The van der Waals surface area contributed by atoms with Gasteiger partial charge in [0.05, 0.1) is 7.11 Å². The molecule has 6 heteroatoms. The molecule has 2 aliphatic heterocycles. The third kappa shape index (κ3) is 3.95. The van der Waals surface area contributed by atoms with E-state index in [4.69, 9.17) is 14.5 Å². The second kappa shape index (κ2) is 6.95. The molecule has 3 heterocycles. The highest BCUT2D eigenvalue weighted by atomic mass is 32.2. The minimum Gasteiger partial charge on any atom is -0.481 e. The fraction of sp³-hybridized carbons (Fsp3) is 0.700. The zero-order chi connectivity index (χ0) is 19.1. The molecule has 1 amide bonds. The van der Waals surface area contributed by atoms with Crippen molar-refractivity contribution in [3.8, 4) is 5.88 Å². The number of thioether (sulfide) groups is 1. The topological polar surface area (TPSA) is 51.7 Å². The van der Waals surface area contributed by atoms with Gasteiger partial charge < -0.3 is 14.4 Å². The van der Waals surface area contributed by atoms with Crippen molar-refractivity contribution in [1.29, 1.82) is 0 Å². The number of hydrogen-bond acceptors (Lipinski definition) is 5. The van der Waals surface area contributed by atoms with Crippen LogP contribution in [0.25, 0.3) is 0 Å². The highest BCUT2D eigenvalue weighted by molar-refractivity contribution is 7.99. The SMILES string of the molecule is COc1nc2c(cc1C1CCN(C(=O)OC(C)(C)C)CC1)C(C)(C)CS2. The van der Waals surface area contributed by atoms with E-state index in [1.165, 1.54) is 11.1 Å². The Kier molecular flexibility index (Phi) is 5.17. The maximum atomic E-state index is 12.3. The Hall–Kier alpha value is -1.43. The van der Waals surface area contributed by atoms with Crippen molar-refractivity contribution in [2.45, 2.75) is 69.4 Å². The van der Waals surface area contributed by atoms with E-state index in [-0.39, 0.29) is 11.5 Å². The Labute approximate surface area is 160 Å². The molecule has 1 aromatic rings. The molecular weight excluding hydrogens is 348 g/mol. The van der Waals surface area contributed by atoms with E-state index in [1.807, 2.05) is 37.4 Å². The molecule has 2 aliphatic rings. The molecule has 0 radical (unpaired) electrons. The fourth-order valence-electron chi connectivity index (χ4n) is 3.57. The Balaban J connectivity index is 1.75. The quantitative estimate of drug-likeness (QED) is 0.753. The molecule has 144 valence electrons. The van der Waals surface area contributed by atoms with Crippen LogP contribution in [0.1, 0.15) is 64.5 Å². The standard InChI is InChI=1S/C20H30N2O3S/c1-19(2,3)25-18(23)22-9-7-13(8-10-22)14-11-15-17(21-16(14)24-6)26-12-20(15,4)5/h11,13H,7-10,12H2,1-6H3. The number of ether oxygens (including phenoxy) is 2. The van der Waals surface area contributed by atoms with E-state index >= 15 is 0 Å². The molecule has 1 saturated heterocycles. The first-order chi connectivity index (χ1) is 12.1. The van der Waals surface area contributed by atoms with E-state index in [1.54, 1.807) is 7.11 Å². The van der Waals surface area contributed by atoms with Crippen LogP contribution in [0.15, 0.2) is 11.1 Å². The highest BCUT2D eigenvalue weighted by Crippen LogP contribution is 2.46. The van der Waals surface area contributed by atoms with Gasteiger partial charge in [0, 0.05) is 29.8 Å². The lowest BCUT2D eigenvalue weighted by Crippen LogP contribution is -2.41. The summed E-state index contributed by atoms with van der Waals surface area (Å²) in [6.45, 7) is 11.7. The lowest BCUT2D eigenvalue weighted by atomic mass is 9.84. The second-order valence-corrected chi connectivity index (χ2v) is 9.82. The van der Waals surface area contributed by atoms with E-state index in [2.05, 4.69) is 19.9 Å². The number of likely N-dealkylation sites (tertiary alicyclic amines) is 1.